The molecule has 7 nitrogen and oxygen atoms in total. The lowest BCUT2D eigenvalue weighted by atomic mass is 9.97. The molecule has 2 aromatic carbocycles. The zero-order valence-corrected chi connectivity index (χ0v) is 22.5. The molecule has 0 aromatic heterocycles. The predicted molar refractivity (Wildman–Crippen MR) is 134 cm³/mol. The molecule has 0 aliphatic carbocycles. The second-order valence-corrected chi connectivity index (χ2v) is 11.6. The third-order valence-corrected chi connectivity index (χ3v) is 8.51. The zero-order valence-electron chi connectivity index (χ0n) is 18.5. The van der Waals surface area contributed by atoms with E-state index < -0.39 is 10.0 Å². The highest BCUT2D eigenvalue weighted by atomic mass is 79.9. The van der Waals surface area contributed by atoms with Crippen LogP contribution in [0.5, 0.6) is 0 Å². The van der Waals surface area contributed by atoms with Gasteiger partial charge in [0.25, 0.3) is 0 Å². The highest BCUT2D eigenvalue weighted by Gasteiger charge is 2.32. The molecule has 2 aromatic rings. The lowest BCUT2D eigenvalue weighted by Gasteiger charge is -2.32. The maximum absolute atomic E-state index is 13.5. The van der Waals surface area contributed by atoms with Crippen molar-refractivity contribution in [2.24, 2.45) is 5.92 Å². The largest absolute Gasteiger partial charge is 0.466 e. The Morgan fingerprint density at radius 1 is 1.12 bits per heavy atom. The number of likely N-dealkylation sites (tertiary alicyclic amines) is 1. The molecular formula is C23H25BrCl2N2O5S. The molecule has 1 fully saturated rings. The first-order chi connectivity index (χ1) is 16.1. The summed E-state index contributed by atoms with van der Waals surface area (Å²) in [6.45, 7) is 2.32. The van der Waals surface area contributed by atoms with Crippen molar-refractivity contribution in [1.82, 2.24) is 9.21 Å². The molecule has 1 aliphatic heterocycles. The number of rotatable bonds is 8. The maximum Gasteiger partial charge on any atom is 0.309 e. The van der Waals surface area contributed by atoms with E-state index in [0.29, 0.717) is 48.1 Å². The van der Waals surface area contributed by atoms with E-state index in [2.05, 4.69) is 15.9 Å². The molecule has 0 radical (unpaired) electrons. The zero-order chi connectivity index (χ0) is 24.9. The highest BCUT2D eigenvalue weighted by Crippen LogP contribution is 2.26. The number of amides is 1. The molecule has 0 saturated carbocycles. The van der Waals surface area contributed by atoms with Crippen molar-refractivity contribution in [2.75, 3.05) is 26.2 Å². The van der Waals surface area contributed by atoms with Gasteiger partial charge in [-0.05, 0) is 61.7 Å². The van der Waals surface area contributed by atoms with Gasteiger partial charge in [-0.25, -0.2) is 8.42 Å². The maximum atomic E-state index is 13.5. The second kappa shape index (κ2) is 11.9. The number of benzene rings is 2. The van der Waals surface area contributed by atoms with Crippen LogP contribution in [0.15, 0.2) is 51.8 Å². The summed E-state index contributed by atoms with van der Waals surface area (Å²) in [6.07, 6.45) is 0.958. The van der Waals surface area contributed by atoms with Crippen molar-refractivity contribution in [3.63, 3.8) is 0 Å². The second-order valence-electron chi connectivity index (χ2n) is 7.87. The lowest BCUT2D eigenvalue weighted by molar-refractivity contribution is -0.151. The molecule has 34 heavy (non-hydrogen) atoms. The summed E-state index contributed by atoms with van der Waals surface area (Å²) in [5.74, 6) is -0.848. The van der Waals surface area contributed by atoms with E-state index in [1.807, 2.05) is 0 Å². The Bertz CT molecular complexity index is 1140. The number of halogens is 3. The van der Waals surface area contributed by atoms with Gasteiger partial charge >= 0.3 is 5.97 Å². The normalized spacial score (nSPS) is 14.9. The minimum atomic E-state index is -4.01. The molecular weight excluding hydrogens is 567 g/mol. The molecule has 1 saturated heterocycles. The van der Waals surface area contributed by atoms with Crippen molar-refractivity contribution in [3.8, 4) is 0 Å². The summed E-state index contributed by atoms with van der Waals surface area (Å²) >= 11 is 15.6. The number of hydrogen-bond acceptors (Lipinski definition) is 5. The molecule has 11 heteroatoms. The standard InChI is InChI=1S/C23H25BrCl2N2O5S/c1-2-33-23(30)16-9-11-27(12-10-16)22(29)15-28(14-17-3-6-19(25)13-21(17)26)34(31,32)20-7-4-18(24)5-8-20/h3-8,13,16H,2,9-12,14-15H2,1H3. The molecule has 1 amide bonds. The topological polar surface area (TPSA) is 84.0 Å². The molecule has 0 N–H and O–H groups in total. The van der Waals surface area contributed by atoms with Crippen molar-refractivity contribution in [3.05, 3.63) is 62.5 Å². The summed E-state index contributed by atoms with van der Waals surface area (Å²) in [5.41, 5.74) is 0.528. The quantitative estimate of drug-likeness (QED) is 0.414. The molecule has 0 bridgehead atoms. The highest BCUT2D eigenvalue weighted by molar-refractivity contribution is 9.10. The molecule has 0 spiro atoms. The van der Waals surface area contributed by atoms with Crippen LogP contribution in [0, 0.1) is 5.92 Å². The van der Waals surface area contributed by atoms with Crippen molar-refractivity contribution in [2.45, 2.75) is 31.2 Å². The van der Waals surface area contributed by atoms with E-state index in [1.165, 1.54) is 18.2 Å². The monoisotopic (exact) mass is 590 g/mol. The minimum absolute atomic E-state index is 0.0644. The van der Waals surface area contributed by atoms with E-state index in [-0.39, 0.29) is 35.8 Å². The molecule has 1 heterocycles. The van der Waals surface area contributed by atoms with Crippen LogP contribution in [-0.4, -0.2) is 55.7 Å². The van der Waals surface area contributed by atoms with Crippen molar-refractivity contribution in [1.29, 1.82) is 0 Å². The van der Waals surface area contributed by atoms with Gasteiger partial charge in [0.1, 0.15) is 0 Å². The summed E-state index contributed by atoms with van der Waals surface area (Å²) in [5, 5.41) is 0.739. The van der Waals surface area contributed by atoms with Gasteiger partial charge in [-0.3, -0.25) is 9.59 Å². The van der Waals surface area contributed by atoms with Gasteiger partial charge in [0, 0.05) is 34.2 Å². The Kier molecular flexibility index (Phi) is 9.40. The van der Waals surface area contributed by atoms with Crippen LogP contribution in [-0.2, 0) is 30.9 Å². The Morgan fingerprint density at radius 2 is 1.76 bits per heavy atom. The average Bonchev–Trinajstić information content (AvgIpc) is 2.80. The van der Waals surface area contributed by atoms with E-state index in [0.717, 1.165) is 8.78 Å². The number of nitrogens with zero attached hydrogens (tertiary/aromatic N) is 2. The van der Waals surface area contributed by atoms with Gasteiger partial charge < -0.3 is 9.64 Å². The third-order valence-electron chi connectivity index (χ3n) is 5.59. The van der Waals surface area contributed by atoms with E-state index >= 15 is 0 Å². The fourth-order valence-electron chi connectivity index (χ4n) is 3.70. The summed E-state index contributed by atoms with van der Waals surface area (Å²) in [6, 6.07) is 11.0. The van der Waals surface area contributed by atoms with E-state index in [4.69, 9.17) is 27.9 Å². The number of hydrogen-bond donors (Lipinski definition) is 0. The smallest absolute Gasteiger partial charge is 0.309 e. The fraction of sp³-hybridized carbons (Fsp3) is 0.391. The van der Waals surface area contributed by atoms with Crippen LogP contribution in [0.2, 0.25) is 10.0 Å². The molecule has 184 valence electrons. The Morgan fingerprint density at radius 3 is 2.35 bits per heavy atom. The molecule has 0 atom stereocenters. The van der Waals surface area contributed by atoms with Crippen LogP contribution in [0.4, 0.5) is 0 Å². The Balaban J connectivity index is 1.80. The molecule has 1 aliphatic rings. The number of carbonyl (C=O) groups excluding carboxylic acids is 2. The Labute approximate surface area is 218 Å². The van der Waals surface area contributed by atoms with Gasteiger partial charge in [-0.1, -0.05) is 45.2 Å². The first kappa shape index (κ1) is 26.9. The summed E-state index contributed by atoms with van der Waals surface area (Å²) < 4.78 is 33.9. The summed E-state index contributed by atoms with van der Waals surface area (Å²) in [7, 11) is -4.01. The number of esters is 1. The number of piperidine rings is 1. The van der Waals surface area contributed by atoms with E-state index in [9.17, 15) is 18.0 Å². The molecule has 0 unspecified atom stereocenters. The lowest BCUT2D eigenvalue weighted by Crippen LogP contribution is -2.46. The average molecular weight is 592 g/mol. The van der Waals surface area contributed by atoms with Crippen LogP contribution in [0.25, 0.3) is 0 Å². The van der Waals surface area contributed by atoms with Crippen LogP contribution >= 0.6 is 39.1 Å². The minimum Gasteiger partial charge on any atom is -0.466 e. The van der Waals surface area contributed by atoms with Gasteiger partial charge in [-0.2, -0.15) is 4.31 Å². The van der Waals surface area contributed by atoms with Gasteiger partial charge in [0.15, 0.2) is 0 Å². The third kappa shape index (κ3) is 6.73. The SMILES string of the molecule is CCOC(=O)C1CCN(C(=O)CN(Cc2ccc(Cl)cc2Cl)S(=O)(=O)c2ccc(Br)cc2)CC1. The number of carbonyl (C=O) groups is 2. The fourth-order valence-corrected chi connectivity index (χ4v) is 5.80. The van der Waals surface area contributed by atoms with Crippen LogP contribution in [0.1, 0.15) is 25.3 Å². The van der Waals surface area contributed by atoms with Crippen molar-refractivity contribution >= 4 is 61.0 Å². The van der Waals surface area contributed by atoms with Gasteiger partial charge in [0.05, 0.1) is 24.0 Å². The first-order valence-corrected chi connectivity index (χ1v) is 13.7. The number of sulfonamides is 1. The number of ether oxygens (including phenoxy) is 1. The van der Waals surface area contributed by atoms with Crippen molar-refractivity contribution < 1.29 is 22.7 Å². The molecule has 3 rings (SSSR count). The Hall–Kier alpha value is -1.65. The summed E-state index contributed by atoms with van der Waals surface area (Å²) in [4.78, 5) is 26.8. The van der Waals surface area contributed by atoms with E-state index in [1.54, 1.807) is 36.1 Å². The first-order valence-electron chi connectivity index (χ1n) is 10.8. The van der Waals surface area contributed by atoms with Gasteiger partial charge in [0.2, 0.25) is 15.9 Å². The van der Waals surface area contributed by atoms with Gasteiger partial charge in [-0.15, -0.1) is 0 Å². The van der Waals surface area contributed by atoms with Crippen LogP contribution in [0.3, 0.4) is 0 Å². The van der Waals surface area contributed by atoms with Crippen LogP contribution < -0.4 is 0 Å². The predicted octanol–water partition coefficient (Wildman–Crippen LogP) is 4.75.